The van der Waals surface area contributed by atoms with Gasteiger partial charge in [-0.1, -0.05) is 0 Å². The zero-order valence-corrected chi connectivity index (χ0v) is 8.64. The highest BCUT2D eigenvalue weighted by Crippen LogP contribution is 2.24. The second kappa shape index (κ2) is 3.34. The zero-order valence-electron chi connectivity index (χ0n) is 8.64. The maximum Gasteiger partial charge on any atom is 0.152 e. The molecule has 5 heteroatoms. The first-order valence-electron chi connectivity index (χ1n) is 4.71. The largest absolute Gasteiger partial charge is 0.383 e. The lowest BCUT2D eigenvalue weighted by atomic mass is 10.2. The summed E-state index contributed by atoms with van der Waals surface area (Å²) in [5.74, 6) is 0.349. The van der Waals surface area contributed by atoms with Gasteiger partial charge in [0, 0.05) is 17.8 Å². The van der Waals surface area contributed by atoms with Crippen LogP contribution in [-0.4, -0.2) is 20.8 Å². The van der Waals surface area contributed by atoms with Crippen molar-refractivity contribution in [2.24, 2.45) is 0 Å². The Morgan fingerprint density at radius 1 is 1.47 bits per heavy atom. The predicted octanol–water partition coefficient (Wildman–Crippen LogP) is 1.41. The van der Waals surface area contributed by atoms with Crippen LogP contribution < -0.4 is 5.73 Å². The monoisotopic (exact) mass is 204 g/mol. The first-order valence-corrected chi connectivity index (χ1v) is 4.71. The van der Waals surface area contributed by atoms with Crippen molar-refractivity contribution in [2.75, 3.05) is 5.73 Å². The topological polar surface area (TPSA) is 73.8 Å². The Hall–Kier alpha value is -1.91. The van der Waals surface area contributed by atoms with E-state index in [9.17, 15) is 4.79 Å². The van der Waals surface area contributed by atoms with Gasteiger partial charge in [-0.05, 0) is 13.8 Å². The van der Waals surface area contributed by atoms with Gasteiger partial charge in [0.25, 0.3) is 0 Å². The van der Waals surface area contributed by atoms with Gasteiger partial charge in [0.1, 0.15) is 17.8 Å². The van der Waals surface area contributed by atoms with E-state index in [4.69, 9.17) is 5.73 Å². The van der Waals surface area contributed by atoms with Crippen LogP contribution in [0.2, 0.25) is 0 Å². The van der Waals surface area contributed by atoms with Gasteiger partial charge >= 0.3 is 0 Å². The normalized spacial score (nSPS) is 11.1. The van der Waals surface area contributed by atoms with Crippen LogP contribution in [0.25, 0.3) is 11.0 Å². The number of anilines is 1. The molecule has 0 aromatic carbocycles. The number of rotatable bonds is 2. The van der Waals surface area contributed by atoms with Crippen LogP contribution in [0.15, 0.2) is 12.5 Å². The molecule has 0 bridgehead atoms. The number of nitrogens with two attached hydrogens (primary N) is 1. The zero-order chi connectivity index (χ0) is 11.0. The third-order valence-corrected chi connectivity index (χ3v) is 2.35. The van der Waals surface area contributed by atoms with Crippen LogP contribution in [0.5, 0.6) is 0 Å². The molecule has 0 saturated carbocycles. The van der Waals surface area contributed by atoms with Crippen molar-refractivity contribution in [3.63, 3.8) is 0 Å². The fourth-order valence-corrected chi connectivity index (χ4v) is 1.62. The highest BCUT2D eigenvalue weighted by molar-refractivity contribution is 6.01. The van der Waals surface area contributed by atoms with E-state index in [-0.39, 0.29) is 6.04 Å². The van der Waals surface area contributed by atoms with Crippen molar-refractivity contribution >= 4 is 23.1 Å². The van der Waals surface area contributed by atoms with Crippen molar-refractivity contribution in [3.05, 3.63) is 18.1 Å². The van der Waals surface area contributed by atoms with Gasteiger partial charge in [-0.25, -0.2) is 9.97 Å². The summed E-state index contributed by atoms with van der Waals surface area (Å²) in [4.78, 5) is 18.9. The smallest absolute Gasteiger partial charge is 0.152 e. The number of nitrogens with zero attached hydrogens (tertiary/aromatic N) is 3. The summed E-state index contributed by atoms with van der Waals surface area (Å²) in [6, 6.07) is 0.232. The average molecular weight is 204 g/mol. The highest BCUT2D eigenvalue weighted by Gasteiger charge is 2.13. The predicted molar refractivity (Wildman–Crippen MR) is 57.7 cm³/mol. The standard InChI is InChI=1S/C10H12N4O/c1-6(2)14-3-7(4-15)8-9(11)12-5-13-10(8)14/h3-6H,1-2H3,(H2,11,12,13). The molecule has 2 heterocycles. The molecule has 0 aliphatic rings. The molecule has 2 rings (SSSR count). The second-order valence-electron chi connectivity index (χ2n) is 3.66. The van der Waals surface area contributed by atoms with Gasteiger partial charge in [0.15, 0.2) is 6.29 Å². The van der Waals surface area contributed by atoms with Gasteiger partial charge in [-0.15, -0.1) is 0 Å². The van der Waals surface area contributed by atoms with Crippen LogP contribution in [0.1, 0.15) is 30.2 Å². The lowest BCUT2D eigenvalue weighted by Crippen LogP contribution is -2.00. The van der Waals surface area contributed by atoms with Gasteiger partial charge < -0.3 is 10.3 Å². The summed E-state index contributed by atoms with van der Waals surface area (Å²) in [6.45, 7) is 4.04. The molecule has 0 atom stereocenters. The van der Waals surface area contributed by atoms with E-state index in [2.05, 4.69) is 9.97 Å². The number of aromatic nitrogens is 3. The Balaban J connectivity index is 2.87. The van der Waals surface area contributed by atoms with E-state index >= 15 is 0 Å². The van der Waals surface area contributed by atoms with Gasteiger partial charge in [0.05, 0.1) is 5.39 Å². The molecule has 5 nitrogen and oxygen atoms in total. The number of hydrogen-bond donors (Lipinski definition) is 1. The molecular weight excluding hydrogens is 192 g/mol. The van der Waals surface area contributed by atoms with Crippen LogP contribution in [0.3, 0.4) is 0 Å². The van der Waals surface area contributed by atoms with Gasteiger partial charge in [0.2, 0.25) is 0 Å². The Kier molecular flexibility index (Phi) is 2.15. The first kappa shape index (κ1) is 9.64. The van der Waals surface area contributed by atoms with Crippen molar-refractivity contribution in [3.8, 4) is 0 Å². The number of carbonyl (C=O) groups is 1. The quantitative estimate of drug-likeness (QED) is 0.750. The minimum atomic E-state index is 0.232. The van der Waals surface area contributed by atoms with Crippen LogP contribution in [0.4, 0.5) is 5.82 Å². The fraction of sp³-hybridized carbons (Fsp3) is 0.300. The molecule has 0 amide bonds. The second-order valence-corrected chi connectivity index (χ2v) is 3.66. The maximum atomic E-state index is 10.9. The van der Waals surface area contributed by atoms with E-state index in [1.807, 2.05) is 18.4 Å². The van der Waals surface area contributed by atoms with E-state index in [0.29, 0.717) is 22.4 Å². The molecule has 15 heavy (non-hydrogen) atoms. The molecule has 0 saturated heterocycles. The molecule has 0 unspecified atom stereocenters. The van der Waals surface area contributed by atoms with Crippen LogP contribution >= 0.6 is 0 Å². The molecule has 78 valence electrons. The highest BCUT2D eigenvalue weighted by atomic mass is 16.1. The fourth-order valence-electron chi connectivity index (χ4n) is 1.62. The first-order chi connectivity index (χ1) is 7.15. The molecule has 0 aliphatic carbocycles. The number of nitrogen functional groups attached to an aromatic ring is 1. The minimum absolute atomic E-state index is 0.232. The Morgan fingerprint density at radius 3 is 2.80 bits per heavy atom. The molecule has 0 fully saturated rings. The van der Waals surface area contributed by atoms with E-state index in [1.165, 1.54) is 6.33 Å². The summed E-state index contributed by atoms with van der Waals surface area (Å²) < 4.78 is 1.91. The Labute approximate surface area is 86.9 Å². The van der Waals surface area contributed by atoms with Crippen molar-refractivity contribution < 1.29 is 4.79 Å². The van der Waals surface area contributed by atoms with Crippen LogP contribution in [-0.2, 0) is 0 Å². The van der Waals surface area contributed by atoms with E-state index < -0.39 is 0 Å². The summed E-state index contributed by atoms with van der Waals surface area (Å²) >= 11 is 0. The average Bonchev–Trinajstić information content (AvgIpc) is 2.58. The van der Waals surface area contributed by atoms with Crippen molar-refractivity contribution in [2.45, 2.75) is 19.9 Å². The molecular formula is C10H12N4O. The number of fused-ring (bicyclic) bond motifs is 1. The maximum absolute atomic E-state index is 10.9. The molecule has 2 aromatic heterocycles. The third kappa shape index (κ3) is 1.36. The summed E-state index contributed by atoms with van der Waals surface area (Å²) in [6.07, 6.45) is 3.94. The van der Waals surface area contributed by atoms with E-state index in [1.54, 1.807) is 6.20 Å². The summed E-state index contributed by atoms with van der Waals surface area (Å²) in [5, 5.41) is 0.640. The summed E-state index contributed by atoms with van der Waals surface area (Å²) in [7, 11) is 0. The lowest BCUT2D eigenvalue weighted by molar-refractivity contribution is 0.112. The van der Waals surface area contributed by atoms with Gasteiger partial charge in [-0.3, -0.25) is 4.79 Å². The molecule has 2 aromatic rings. The molecule has 0 radical (unpaired) electrons. The molecule has 2 N–H and O–H groups in total. The van der Waals surface area contributed by atoms with Gasteiger partial charge in [-0.2, -0.15) is 0 Å². The Bertz CT molecular complexity index is 515. The number of hydrogen-bond acceptors (Lipinski definition) is 4. The van der Waals surface area contributed by atoms with Crippen molar-refractivity contribution in [1.82, 2.24) is 14.5 Å². The molecule has 0 aliphatic heterocycles. The van der Waals surface area contributed by atoms with Crippen molar-refractivity contribution in [1.29, 1.82) is 0 Å². The van der Waals surface area contributed by atoms with Crippen LogP contribution in [0, 0.1) is 0 Å². The third-order valence-electron chi connectivity index (χ3n) is 2.35. The number of aldehydes is 1. The number of carbonyl (C=O) groups excluding carboxylic acids is 1. The van der Waals surface area contributed by atoms with E-state index in [0.717, 1.165) is 6.29 Å². The molecule has 0 spiro atoms. The Morgan fingerprint density at radius 2 is 2.20 bits per heavy atom. The summed E-state index contributed by atoms with van der Waals surface area (Å²) in [5.41, 5.74) is 6.97. The minimum Gasteiger partial charge on any atom is -0.383 e. The SMILES string of the molecule is CC(C)n1cc(C=O)c2c(N)ncnc21. The lowest BCUT2D eigenvalue weighted by Gasteiger charge is -2.07.